The summed E-state index contributed by atoms with van der Waals surface area (Å²) in [6.45, 7) is 8.52. The van der Waals surface area contributed by atoms with Crippen molar-refractivity contribution in [2.24, 2.45) is 5.92 Å². The van der Waals surface area contributed by atoms with E-state index in [2.05, 4.69) is 13.2 Å². The molecule has 0 radical (unpaired) electrons. The Kier molecular flexibility index (Phi) is 6.77. The first kappa shape index (κ1) is 25.3. The van der Waals surface area contributed by atoms with Gasteiger partial charge in [0.2, 0.25) is 5.91 Å². The minimum absolute atomic E-state index is 0.00970. The molecule has 0 unspecified atom stereocenters. The van der Waals surface area contributed by atoms with E-state index in [-0.39, 0.29) is 31.4 Å². The Morgan fingerprint density at radius 1 is 1.16 bits per heavy atom. The topological polar surface area (TPSA) is 116 Å². The second kappa shape index (κ2) is 10.2. The molecule has 1 saturated heterocycles. The van der Waals surface area contributed by atoms with Crippen LogP contribution in [0.5, 0.6) is 0 Å². The SMILES string of the molecule is C=CCOC(=O)O[C@H](C)[C@H]1C(=O)N2C(C(=O)OCC=C)=C(c3cccc4c3oc3cccc(CO)c34)C[C@H]12. The van der Waals surface area contributed by atoms with Gasteiger partial charge in [-0.1, -0.05) is 55.6 Å². The van der Waals surface area contributed by atoms with Crippen molar-refractivity contribution < 1.29 is 38.1 Å². The molecule has 2 aromatic carbocycles. The average Bonchev–Trinajstić information content (AvgIpc) is 3.46. The zero-order chi connectivity index (χ0) is 27.0. The van der Waals surface area contributed by atoms with E-state index in [1.807, 2.05) is 30.3 Å². The van der Waals surface area contributed by atoms with E-state index < -0.39 is 30.2 Å². The molecular formula is C29H27NO8. The van der Waals surface area contributed by atoms with Crippen molar-refractivity contribution in [1.29, 1.82) is 0 Å². The molecule has 1 fully saturated rings. The molecule has 5 rings (SSSR count). The number of rotatable bonds is 9. The van der Waals surface area contributed by atoms with E-state index in [0.29, 0.717) is 28.7 Å². The molecule has 38 heavy (non-hydrogen) atoms. The number of esters is 1. The fourth-order valence-corrected chi connectivity index (χ4v) is 5.36. The van der Waals surface area contributed by atoms with E-state index in [1.54, 1.807) is 13.0 Å². The maximum atomic E-state index is 13.3. The summed E-state index contributed by atoms with van der Waals surface area (Å²) in [6.07, 6.45) is 1.52. The van der Waals surface area contributed by atoms with E-state index in [0.717, 1.165) is 16.3 Å². The highest BCUT2D eigenvalue weighted by Gasteiger charge is 2.58. The van der Waals surface area contributed by atoms with Crippen LogP contribution in [-0.2, 0) is 30.4 Å². The maximum Gasteiger partial charge on any atom is 0.508 e. The zero-order valence-electron chi connectivity index (χ0n) is 20.8. The highest BCUT2D eigenvalue weighted by Crippen LogP contribution is 2.49. The number of hydrogen-bond acceptors (Lipinski definition) is 8. The molecule has 3 aromatic rings. The first-order valence-corrected chi connectivity index (χ1v) is 12.2. The lowest BCUT2D eigenvalue weighted by Gasteiger charge is -2.45. The molecule has 2 aliphatic rings. The Hall–Kier alpha value is -4.37. The highest BCUT2D eigenvalue weighted by atomic mass is 16.7. The lowest BCUT2D eigenvalue weighted by atomic mass is 9.82. The van der Waals surface area contributed by atoms with E-state index >= 15 is 0 Å². The normalized spacial score (nSPS) is 19.2. The van der Waals surface area contributed by atoms with Crippen LogP contribution in [0, 0.1) is 5.92 Å². The third-order valence-electron chi connectivity index (χ3n) is 6.95. The lowest BCUT2D eigenvalue weighted by molar-refractivity contribution is -0.162. The quantitative estimate of drug-likeness (QED) is 0.251. The van der Waals surface area contributed by atoms with Crippen molar-refractivity contribution >= 4 is 45.5 Å². The molecule has 3 heterocycles. The van der Waals surface area contributed by atoms with Crippen LogP contribution >= 0.6 is 0 Å². The molecule has 0 saturated carbocycles. The molecule has 9 heteroatoms. The zero-order valence-corrected chi connectivity index (χ0v) is 20.8. The number of hydrogen-bond donors (Lipinski definition) is 1. The van der Waals surface area contributed by atoms with Crippen LogP contribution in [0.1, 0.15) is 24.5 Å². The minimum atomic E-state index is -0.896. The van der Waals surface area contributed by atoms with E-state index in [1.165, 1.54) is 17.1 Å². The van der Waals surface area contributed by atoms with Crippen molar-refractivity contribution in [3.63, 3.8) is 0 Å². The lowest BCUT2D eigenvalue weighted by Crippen LogP contribution is -2.62. The van der Waals surface area contributed by atoms with Crippen LogP contribution in [0.15, 0.2) is 71.8 Å². The second-order valence-electron chi connectivity index (χ2n) is 9.13. The highest BCUT2D eigenvalue weighted by molar-refractivity contribution is 6.13. The van der Waals surface area contributed by atoms with Gasteiger partial charge >= 0.3 is 12.1 Å². The summed E-state index contributed by atoms with van der Waals surface area (Å²) in [7, 11) is 0. The number of amides is 1. The molecule has 0 bridgehead atoms. The van der Waals surface area contributed by atoms with Crippen molar-refractivity contribution in [2.45, 2.75) is 32.1 Å². The summed E-state index contributed by atoms with van der Waals surface area (Å²) in [6, 6.07) is 10.6. The molecule has 1 aromatic heterocycles. The number of aliphatic hydroxyl groups is 1. The van der Waals surface area contributed by atoms with Gasteiger partial charge in [0, 0.05) is 16.3 Å². The Bertz CT molecular complexity index is 1500. The number of carbonyl (C=O) groups excluding carboxylic acids is 3. The monoisotopic (exact) mass is 517 g/mol. The number of ether oxygens (including phenoxy) is 3. The molecule has 0 spiro atoms. The van der Waals surface area contributed by atoms with Gasteiger partial charge in [-0.3, -0.25) is 4.79 Å². The van der Waals surface area contributed by atoms with Crippen molar-refractivity contribution in [3.8, 4) is 0 Å². The molecule has 2 aliphatic heterocycles. The van der Waals surface area contributed by atoms with Crippen LogP contribution in [-0.4, -0.2) is 53.4 Å². The van der Waals surface area contributed by atoms with Gasteiger partial charge in [0.15, 0.2) is 0 Å². The molecule has 196 valence electrons. The first-order valence-electron chi connectivity index (χ1n) is 12.2. The van der Waals surface area contributed by atoms with Gasteiger partial charge in [0.25, 0.3) is 0 Å². The molecule has 0 aliphatic carbocycles. The number of benzene rings is 2. The number of furan rings is 1. The number of carbonyl (C=O) groups is 3. The summed E-state index contributed by atoms with van der Waals surface area (Å²) in [5, 5.41) is 11.5. The van der Waals surface area contributed by atoms with Gasteiger partial charge in [-0.25, -0.2) is 9.59 Å². The van der Waals surface area contributed by atoms with Crippen molar-refractivity contribution in [2.75, 3.05) is 13.2 Å². The van der Waals surface area contributed by atoms with Gasteiger partial charge < -0.3 is 28.6 Å². The summed E-state index contributed by atoms with van der Waals surface area (Å²) in [4.78, 5) is 39.9. The summed E-state index contributed by atoms with van der Waals surface area (Å²) in [5.41, 5.74) is 3.24. The summed E-state index contributed by atoms with van der Waals surface area (Å²) < 4.78 is 21.8. The van der Waals surface area contributed by atoms with Crippen LogP contribution in [0.2, 0.25) is 0 Å². The Morgan fingerprint density at radius 3 is 2.63 bits per heavy atom. The predicted octanol–water partition coefficient (Wildman–Crippen LogP) is 4.48. The average molecular weight is 518 g/mol. The van der Waals surface area contributed by atoms with Crippen LogP contribution in [0.25, 0.3) is 27.5 Å². The number of para-hydroxylation sites is 1. The molecule has 9 nitrogen and oxygen atoms in total. The smallest absolute Gasteiger partial charge is 0.457 e. The van der Waals surface area contributed by atoms with Crippen molar-refractivity contribution in [1.82, 2.24) is 4.90 Å². The second-order valence-corrected chi connectivity index (χ2v) is 9.13. The third-order valence-corrected chi connectivity index (χ3v) is 6.95. The number of aliphatic hydroxyl groups excluding tert-OH is 1. The first-order chi connectivity index (χ1) is 18.4. The van der Waals surface area contributed by atoms with E-state index in [9.17, 15) is 19.5 Å². The Labute approximate surface area is 218 Å². The van der Waals surface area contributed by atoms with E-state index in [4.69, 9.17) is 18.6 Å². The summed E-state index contributed by atoms with van der Waals surface area (Å²) in [5.74, 6) is -1.67. The molecule has 1 N–H and O–H groups in total. The molecular weight excluding hydrogens is 490 g/mol. The molecule has 1 amide bonds. The van der Waals surface area contributed by atoms with Crippen LogP contribution < -0.4 is 0 Å². The Morgan fingerprint density at radius 2 is 1.89 bits per heavy atom. The summed E-state index contributed by atoms with van der Waals surface area (Å²) >= 11 is 0. The van der Waals surface area contributed by atoms with Crippen LogP contribution in [0.4, 0.5) is 4.79 Å². The van der Waals surface area contributed by atoms with Crippen LogP contribution in [0.3, 0.4) is 0 Å². The van der Waals surface area contributed by atoms with Gasteiger partial charge in [0.1, 0.15) is 36.2 Å². The Balaban J connectivity index is 1.56. The fourth-order valence-electron chi connectivity index (χ4n) is 5.36. The molecule has 3 atom stereocenters. The standard InChI is InChI=1S/C29H27NO8/c1-4-12-35-28(33)25-20(14-21-23(27(32)30(21)25)16(3)37-29(34)36-13-5-2)18-9-7-10-19-24-17(15-31)8-6-11-22(24)38-26(18)19/h4-11,16,21,23,31H,1-2,12-15H2,3H3/t16-,21-,23-/m1/s1. The fraction of sp³-hybridized carbons (Fsp3) is 0.276. The van der Waals surface area contributed by atoms with Gasteiger partial charge in [0.05, 0.1) is 18.6 Å². The number of β-lactam (4-membered cyclic amide) rings is 1. The predicted molar refractivity (Wildman–Crippen MR) is 139 cm³/mol. The van der Waals surface area contributed by atoms with Crippen molar-refractivity contribution in [3.05, 3.63) is 78.5 Å². The number of fused-ring (bicyclic) bond motifs is 4. The third kappa shape index (κ3) is 4.05. The maximum absolute atomic E-state index is 13.3. The van der Waals surface area contributed by atoms with Gasteiger partial charge in [-0.05, 0) is 30.5 Å². The van der Waals surface area contributed by atoms with Gasteiger partial charge in [-0.2, -0.15) is 0 Å². The largest absolute Gasteiger partial charge is 0.508 e. The minimum Gasteiger partial charge on any atom is -0.457 e. The number of nitrogens with zero attached hydrogens (tertiary/aromatic N) is 1. The van der Waals surface area contributed by atoms with Gasteiger partial charge in [-0.15, -0.1) is 0 Å².